The topological polar surface area (TPSA) is 135 Å². The van der Waals surface area contributed by atoms with Gasteiger partial charge in [-0.1, -0.05) is 0 Å². The molecule has 2 heterocycles. The molecule has 1 fully saturated rings. The van der Waals surface area contributed by atoms with Gasteiger partial charge in [0.05, 0.1) is 29.2 Å². The van der Waals surface area contributed by atoms with E-state index in [2.05, 4.69) is 0 Å². The summed E-state index contributed by atoms with van der Waals surface area (Å²) in [6.45, 7) is 0.0718. The maximum atomic E-state index is 14.9. The summed E-state index contributed by atoms with van der Waals surface area (Å²) >= 11 is 0. The molecule has 1 aliphatic rings. The number of aliphatic hydroxyl groups is 1. The highest BCUT2D eigenvalue weighted by Crippen LogP contribution is 2.29. The van der Waals surface area contributed by atoms with Gasteiger partial charge in [-0.2, -0.15) is 0 Å². The number of fused-ring (bicyclic) bond motifs is 1. The summed E-state index contributed by atoms with van der Waals surface area (Å²) in [6, 6.07) is 2.92. The van der Waals surface area contributed by atoms with Crippen molar-refractivity contribution in [3.63, 3.8) is 0 Å². The molecular formula is C20H17BF2N4O4. The Kier molecular flexibility index (Phi) is 4.94. The van der Waals surface area contributed by atoms with Crippen LogP contribution in [0.5, 0.6) is 0 Å². The SMILES string of the molecule is [B]c1c(N2CC(N)C2)c(F)cc2c(=O)c(C(=O)O)cn(-c3cc(N)c(F)cc3CO)c12. The van der Waals surface area contributed by atoms with Crippen LogP contribution in [-0.2, 0) is 6.61 Å². The minimum atomic E-state index is -1.54. The zero-order valence-corrected chi connectivity index (χ0v) is 16.1. The third-order valence-corrected chi connectivity index (χ3v) is 5.34. The summed E-state index contributed by atoms with van der Waals surface area (Å²) in [5, 5.41) is 18.9. The number of carbonyl (C=O) groups is 1. The second-order valence-corrected chi connectivity index (χ2v) is 7.39. The van der Waals surface area contributed by atoms with Crippen molar-refractivity contribution in [1.29, 1.82) is 0 Å². The number of pyridine rings is 1. The van der Waals surface area contributed by atoms with Crippen LogP contribution in [-0.4, -0.2) is 47.7 Å². The first-order chi connectivity index (χ1) is 14.6. The molecule has 0 aliphatic carbocycles. The largest absolute Gasteiger partial charge is 0.477 e. The van der Waals surface area contributed by atoms with Gasteiger partial charge in [0.1, 0.15) is 25.0 Å². The fraction of sp³-hybridized carbons (Fsp3) is 0.200. The first-order valence-electron chi connectivity index (χ1n) is 9.24. The summed E-state index contributed by atoms with van der Waals surface area (Å²) in [4.78, 5) is 26.0. The molecule has 0 unspecified atom stereocenters. The molecule has 2 aromatic carbocycles. The molecule has 3 aromatic rings. The van der Waals surface area contributed by atoms with Gasteiger partial charge in [-0.15, -0.1) is 0 Å². The zero-order valence-electron chi connectivity index (χ0n) is 16.1. The number of nitrogens with zero attached hydrogens (tertiary/aromatic N) is 2. The highest BCUT2D eigenvalue weighted by Gasteiger charge is 2.29. The molecule has 1 saturated heterocycles. The van der Waals surface area contributed by atoms with Crippen molar-refractivity contribution in [2.45, 2.75) is 12.6 Å². The molecule has 158 valence electrons. The van der Waals surface area contributed by atoms with Gasteiger partial charge in [0, 0.05) is 36.3 Å². The first kappa shape index (κ1) is 20.8. The quantitative estimate of drug-likeness (QED) is 0.340. The predicted molar refractivity (Wildman–Crippen MR) is 112 cm³/mol. The number of aromatic nitrogens is 1. The third kappa shape index (κ3) is 3.22. The lowest BCUT2D eigenvalue weighted by atomic mass is 9.87. The lowest BCUT2D eigenvalue weighted by Gasteiger charge is -2.40. The van der Waals surface area contributed by atoms with Crippen LogP contribution in [0.25, 0.3) is 16.6 Å². The lowest BCUT2D eigenvalue weighted by molar-refractivity contribution is 0.0695. The molecule has 1 aliphatic heterocycles. The Bertz CT molecular complexity index is 1310. The second kappa shape index (κ2) is 7.36. The molecule has 6 N–H and O–H groups in total. The number of anilines is 2. The Balaban J connectivity index is 2.15. The average Bonchev–Trinajstić information content (AvgIpc) is 2.68. The smallest absolute Gasteiger partial charge is 0.341 e. The Morgan fingerprint density at radius 3 is 2.48 bits per heavy atom. The van der Waals surface area contributed by atoms with E-state index in [4.69, 9.17) is 19.3 Å². The number of nitrogen functional groups attached to an aromatic ring is 1. The number of hydrogen-bond acceptors (Lipinski definition) is 6. The summed E-state index contributed by atoms with van der Waals surface area (Å²) in [7, 11) is 6.27. The highest BCUT2D eigenvalue weighted by molar-refractivity contribution is 6.42. The van der Waals surface area contributed by atoms with Gasteiger partial charge in [-0.3, -0.25) is 4.79 Å². The molecule has 0 bridgehead atoms. The van der Waals surface area contributed by atoms with Crippen molar-refractivity contribution in [2.75, 3.05) is 23.7 Å². The van der Waals surface area contributed by atoms with Crippen LogP contribution in [0, 0.1) is 11.6 Å². The van der Waals surface area contributed by atoms with Crippen molar-refractivity contribution >= 4 is 41.6 Å². The van der Waals surface area contributed by atoms with E-state index in [0.717, 1.165) is 18.3 Å². The molecule has 2 radical (unpaired) electrons. The maximum absolute atomic E-state index is 14.9. The van der Waals surface area contributed by atoms with E-state index in [1.165, 1.54) is 10.6 Å². The summed E-state index contributed by atoms with van der Waals surface area (Å²) in [5.74, 6) is -3.13. The van der Waals surface area contributed by atoms with Crippen LogP contribution in [0.2, 0.25) is 0 Å². The number of halogens is 2. The van der Waals surface area contributed by atoms with Crippen molar-refractivity contribution in [3.05, 3.63) is 57.4 Å². The summed E-state index contributed by atoms with van der Waals surface area (Å²) in [6.07, 6.45) is 0.999. The van der Waals surface area contributed by atoms with Crippen LogP contribution >= 0.6 is 0 Å². The number of carboxylic acids is 1. The van der Waals surface area contributed by atoms with Crippen LogP contribution in [0.15, 0.2) is 29.2 Å². The van der Waals surface area contributed by atoms with Crippen molar-refractivity contribution < 1.29 is 23.8 Å². The van der Waals surface area contributed by atoms with Gasteiger partial charge >= 0.3 is 5.97 Å². The first-order valence-corrected chi connectivity index (χ1v) is 9.24. The number of nitrogens with two attached hydrogens (primary N) is 2. The number of benzene rings is 2. The Morgan fingerprint density at radius 1 is 1.23 bits per heavy atom. The van der Waals surface area contributed by atoms with E-state index in [1.54, 1.807) is 4.90 Å². The molecule has 8 nitrogen and oxygen atoms in total. The normalized spacial score (nSPS) is 14.1. The fourth-order valence-corrected chi connectivity index (χ4v) is 3.81. The number of aliphatic hydroxyl groups excluding tert-OH is 1. The minimum Gasteiger partial charge on any atom is -0.477 e. The van der Waals surface area contributed by atoms with Crippen LogP contribution < -0.4 is 27.3 Å². The summed E-state index contributed by atoms with van der Waals surface area (Å²) in [5.41, 5.74) is 9.66. The standard InChI is InChI=1S/C20H17BF2N4O4/c21-16-17-10(2-13(23)18(16)26-4-9(24)5-26)19(29)11(20(30)31)6-27(17)15-3-14(25)12(22)1-8(15)7-28/h1-3,6,9,28H,4-5,7,24-25H2,(H,30,31). The van der Waals surface area contributed by atoms with Crippen molar-refractivity contribution in [1.82, 2.24) is 4.57 Å². The number of hydrogen-bond donors (Lipinski definition) is 4. The van der Waals surface area contributed by atoms with Gasteiger partial charge < -0.3 is 31.1 Å². The molecule has 0 amide bonds. The molecule has 0 atom stereocenters. The number of carboxylic acid groups (broad SMARTS) is 1. The van der Waals surface area contributed by atoms with E-state index in [-0.39, 0.29) is 45.0 Å². The molecular weight excluding hydrogens is 409 g/mol. The van der Waals surface area contributed by atoms with Gasteiger partial charge in [-0.05, 0) is 23.7 Å². The van der Waals surface area contributed by atoms with Crippen molar-refractivity contribution in [3.8, 4) is 5.69 Å². The van der Waals surface area contributed by atoms with Gasteiger partial charge in [0.2, 0.25) is 5.43 Å². The maximum Gasteiger partial charge on any atom is 0.341 e. The van der Waals surface area contributed by atoms with Gasteiger partial charge in [0.25, 0.3) is 0 Å². The van der Waals surface area contributed by atoms with E-state index in [9.17, 15) is 28.6 Å². The molecule has 0 spiro atoms. The van der Waals surface area contributed by atoms with Crippen LogP contribution in [0.1, 0.15) is 15.9 Å². The Hall–Kier alpha value is -3.44. The molecule has 0 saturated carbocycles. The molecule has 11 heteroatoms. The fourth-order valence-electron chi connectivity index (χ4n) is 3.81. The lowest BCUT2D eigenvalue weighted by Crippen LogP contribution is -2.57. The molecule has 1 aromatic heterocycles. The second-order valence-electron chi connectivity index (χ2n) is 7.39. The molecule has 4 rings (SSSR count). The third-order valence-electron chi connectivity index (χ3n) is 5.34. The number of aromatic carboxylic acids is 1. The highest BCUT2D eigenvalue weighted by atomic mass is 19.1. The monoisotopic (exact) mass is 426 g/mol. The van der Waals surface area contributed by atoms with Gasteiger partial charge in [0.15, 0.2) is 0 Å². The minimum absolute atomic E-state index is 0.00702. The van der Waals surface area contributed by atoms with E-state index in [1.807, 2.05) is 0 Å². The van der Waals surface area contributed by atoms with Crippen LogP contribution in [0.3, 0.4) is 0 Å². The van der Waals surface area contributed by atoms with Gasteiger partial charge in [-0.25, -0.2) is 13.6 Å². The Morgan fingerprint density at radius 2 is 1.90 bits per heavy atom. The molecule has 31 heavy (non-hydrogen) atoms. The number of rotatable bonds is 4. The van der Waals surface area contributed by atoms with E-state index >= 15 is 0 Å². The van der Waals surface area contributed by atoms with E-state index in [0.29, 0.717) is 13.1 Å². The predicted octanol–water partition coefficient (Wildman–Crippen LogP) is -0.0173. The van der Waals surface area contributed by atoms with E-state index < -0.39 is 35.2 Å². The summed E-state index contributed by atoms with van der Waals surface area (Å²) < 4.78 is 30.1. The zero-order chi connectivity index (χ0) is 22.6. The van der Waals surface area contributed by atoms with Crippen LogP contribution in [0.4, 0.5) is 20.2 Å². The van der Waals surface area contributed by atoms with Crippen molar-refractivity contribution in [2.24, 2.45) is 5.73 Å². The average molecular weight is 426 g/mol. The Labute approximate surface area is 175 Å².